The van der Waals surface area contributed by atoms with Gasteiger partial charge in [-0.25, -0.2) is 0 Å². The third kappa shape index (κ3) is 4.70. The van der Waals surface area contributed by atoms with Crippen LogP contribution in [0.1, 0.15) is 16.7 Å². The fourth-order valence-corrected chi connectivity index (χ4v) is 4.36. The minimum atomic E-state index is 0.495. The molecule has 0 aliphatic heterocycles. The van der Waals surface area contributed by atoms with Crippen molar-refractivity contribution in [1.82, 2.24) is 0 Å². The average molecular weight is 509 g/mol. The Kier molecular flexibility index (Phi) is 6.43. The Balaban J connectivity index is 1.52. The maximum Gasteiger partial charge on any atom is 0.174 e. The molecule has 0 bridgehead atoms. The van der Waals surface area contributed by atoms with E-state index in [1.807, 2.05) is 6.07 Å². The van der Waals surface area contributed by atoms with Gasteiger partial charge in [0, 0.05) is 12.2 Å². The lowest BCUT2D eigenvalue weighted by molar-refractivity contribution is 0.283. The van der Waals surface area contributed by atoms with E-state index in [1.54, 1.807) is 7.11 Å². The highest BCUT2D eigenvalue weighted by Gasteiger charge is 2.13. The maximum absolute atomic E-state index is 6.23. The van der Waals surface area contributed by atoms with E-state index >= 15 is 0 Å². The Hall–Kier alpha value is -2.73. The molecule has 0 unspecified atom stereocenters. The molecule has 152 valence electrons. The summed E-state index contributed by atoms with van der Waals surface area (Å²) in [4.78, 5) is 0. The third-order valence-electron chi connectivity index (χ3n) is 5.06. The molecule has 0 spiro atoms. The molecule has 0 amide bonds. The first-order chi connectivity index (χ1) is 14.6. The van der Waals surface area contributed by atoms with Crippen LogP contribution in [0.25, 0.3) is 10.8 Å². The van der Waals surface area contributed by atoms with Gasteiger partial charge in [-0.2, -0.15) is 0 Å². The largest absolute Gasteiger partial charge is 0.493 e. The monoisotopic (exact) mass is 509 g/mol. The van der Waals surface area contributed by atoms with Gasteiger partial charge < -0.3 is 14.8 Å². The summed E-state index contributed by atoms with van der Waals surface area (Å²) in [5.41, 5.74) is 4.66. The van der Waals surface area contributed by atoms with Gasteiger partial charge in [-0.1, -0.05) is 54.6 Å². The van der Waals surface area contributed by atoms with Gasteiger partial charge in [0.15, 0.2) is 11.5 Å². The fraction of sp³-hybridized carbons (Fsp3) is 0.154. The van der Waals surface area contributed by atoms with Crippen LogP contribution in [0.4, 0.5) is 5.69 Å². The van der Waals surface area contributed by atoms with Gasteiger partial charge in [-0.3, -0.25) is 0 Å². The molecule has 1 N–H and O–H groups in total. The topological polar surface area (TPSA) is 30.5 Å². The number of ether oxygens (including phenoxy) is 2. The molecule has 0 aromatic heterocycles. The first-order valence-corrected chi connectivity index (χ1v) is 11.0. The highest BCUT2D eigenvalue weighted by atomic mass is 127. The average Bonchev–Trinajstić information content (AvgIpc) is 2.76. The van der Waals surface area contributed by atoms with Crippen molar-refractivity contribution in [2.75, 3.05) is 12.4 Å². The van der Waals surface area contributed by atoms with Gasteiger partial charge in [0.2, 0.25) is 0 Å². The molecule has 0 saturated carbocycles. The first-order valence-electron chi connectivity index (χ1n) is 9.90. The molecule has 0 aliphatic rings. The third-order valence-corrected chi connectivity index (χ3v) is 5.86. The van der Waals surface area contributed by atoms with Crippen molar-refractivity contribution >= 4 is 39.1 Å². The second-order valence-electron chi connectivity index (χ2n) is 7.26. The second kappa shape index (κ2) is 9.39. The van der Waals surface area contributed by atoms with Gasteiger partial charge in [0.25, 0.3) is 0 Å². The summed E-state index contributed by atoms with van der Waals surface area (Å²) in [5, 5.41) is 5.91. The second-order valence-corrected chi connectivity index (χ2v) is 8.42. The molecule has 3 nitrogen and oxygen atoms in total. The summed E-state index contributed by atoms with van der Waals surface area (Å²) in [6.45, 7) is 3.31. The number of anilines is 1. The Morgan fingerprint density at radius 2 is 1.70 bits per heavy atom. The van der Waals surface area contributed by atoms with Crippen LogP contribution < -0.4 is 14.8 Å². The van der Waals surface area contributed by atoms with E-state index in [0.717, 1.165) is 38.4 Å². The van der Waals surface area contributed by atoms with Crippen LogP contribution in [0.3, 0.4) is 0 Å². The molecule has 0 fully saturated rings. The SMILES string of the molecule is COc1cc(CNc2cccc(C)c2)cc(I)c1OCc1cccc2ccccc12. The number of methoxy groups -OCH3 is 1. The van der Waals surface area contributed by atoms with E-state index in [1.165, 1.54) is 16.3 Å². The smallest absolute Gasteiger partial charge is 0.174 e. The Labute approximate surface area is 191 Å². The van der Waals surface area contributed by atoms with E-state index in [9.17, 15) is 0 Å². The molecule has 30 heavy (non-hydrogen) atoms. The molecular formula is C26H24INO2. The van der Waals surface area contributed by atoms with Crippen LogP contribution in [0.5, 0.6) is 11.5 Å². The van der Waals surface area contributed by atoms with E-state index in [-0.39, 0.29) is 0 Å². The molecule has 4 rings (SSSR count). The summed E-state index contributed by atoms with van der Waals surface area (Å²) < 4.78 is 12.9. The number of fused-ring (bicyclic) bond motifs is 1. The minimum Gasteiger partial charge on any atom is -0.493 e. The van der Waals surface area contributed by atoms with Crippen molar-refractivity contribution in [2.45, 2.75) is 20.1 Å². The zero-order valence-electron chi connectivity index (χ0n) is 17.1. The lowest BCUT2D eigenvalue weighted by atomic mass is 10.1. The number of nitrogens with one attached hydrogen (secondary N) is 1. The van der Waals surface area contributed by atoms with Crippen LogP contribution in [0.2, 0.25) is 0 Å². The van der Waals surface area contributed by atoms with E-state index in [0.29, 0.717) is 6.61 Å². The zero-order chi connectivity index (χ0) is 20.9. The molecule has 0 aliphatic carbocycles. The number of aryl methyl sites for hydroxylation is 1. The molecule has 4 heteroatoms. The van der Waals surface area contributed by atoms with Gasteiger partial charge in [-0.15, -0.1) is 0 Å². The zero-order valence-corrected chi connectivity index (χ0v) is 19.3. The predicted molar refractivity (Wildman–Crippen MR) is 132 cm³/mol. The Bertz CT molecular complexity index is 1170. The molecule has 4 aromatic carbocycles. The van der Waals surface area contributed by atoms with Crippen molar-refractivity contribution in [3.8, 4) is 11.5 Å². The van der Waals surface area contributed by atoms with Crippen molar-refractivity contribution in [1.29, 1.82) is 0 Å². The van der Waals surface area contributed by atoms with Gasteiger partial charge in [-0.05, 0) is 81.2 Å². The molecule has 0 heterocycles. The van der Waals surface area contributed by atoms with E-state index in [4.69, 9.17) is 9.47 Å². The van der Waals surface area contributed by atoms with E-state index in [2.05, 4.69) is 108 Å². The van der Waals surface area contributed by atoms with Crippen molar-refractivity contribution in [3.05, 3.63) is 99.1 Å². The van der Waals surface area contributed by atoms with Crippen LogP contribution in [0, 0.1) is 10.5 Å². The number of hydrogen-bond donors (Lipinski definition) is 1. The number of rotatable bonds is 7. The van der Waals surface area contributed by atoms with Crippen LogP contribution in [0.15, 0.2) is 78.9 Å². The summed E-state index contributed by atoms with van der Waals surface area (Å²) in [5.74, 6) is 1.54. The van der Waals surface area contributed by atoms with E-state index < -0.39 is 0 Å². The van der Waals surface area contributed by atoms with Crippen LogP contribution in [-0.2, 0) is 13.2 Å². The van der Waals surface area contributed by atoms with Crippen molar-refractivity contribution in [3.63, 3.8) is 0 Å². The summed E-state index contributed by atoms with van der Waals surface area (Å²) in [6.07, 6.45) is 0. The number of hydrogen-bond acceptors (Lipinski definition) is 3. The molecule has 0 saturated heterocycles. The van der Waals surface area contributed by atoms with Crippen LogP contribution >= 0.6 is 22.6 Å². The summed E-state index contributed by atoms with van der Waals surface area (Å²) in [7, 11) is 1.69. The molecule has 0 atom stereocenters. The Morgan fingerprint density at radius 1 is 0.900 bits per heavy atom. The predicted octanol–water partition coefficient (Wildman–Crippen LogP) is 6.95. The number of halogens is 1. The molecular weight excluding hydrogens is 485 g/mol. The lowest BCUT2D eigenvalue weighted by Gasteiger charge is -2.16. The standard InChI is InChI=1S/C26H24INO2/c1-18-7-5-11-22(13-18)28-16-19-14-24(27)26(25(15-19)29-2)30-17-21-10-6-9-20-8-3-4-12-23(20)21/h3-15,28H,16-17H2,1-2H3. The number of benzene rings is 4. The maximum atomic E-state index is 6.23. The lowest BCUT2D eigenvalue weighted by Crippen LogP contribution is -2.04. The normalized spacial score (nSPS) is 10.8. The minimum absolute atomic E-state index is 0.495. The summed E-state index contributed by atoms with van der Waals surface area (Å²) in [6, 6.07) is 27.3. The van der Waals surface area contributed by atoms with Crippen molar-refractivity contribution in [2.24, 2.45) is 0 Å². The highest BCUT2D eigenvalue weighted by molar-refractivity contribution is 14.1. The first kappa shape index (κ1) is 20.5. The summed E-state index contributed by atoms with van der Waals surface area (Å²) >= 11 is 2.32. The Morgan fingerprint density at radius 3 is 2.53 bits per heavy atom. The molecule has 0 radical (unpaired) electrons. The van der Waals surface area contributed by atoms with Gasteiger partial charge >= 0.3 is 0 Å². The van der Waals surface area contributed by atoms with Crippen molar-refractivity contribution < 1.29 is 9.47 Å². The highest BCUT2D eigenvalue weighted by Crippen LogP contribution is 2.35. The fourth-order valence-electron chi connectivity index (χ4n) is 3.54. The van der Waals surface area contributed by atoms with Gasteiger partial charge in [0.1, 0.15) is 6.61 Å². The quantitative estimate of drug-likeness (QED) is 0.274. The van der Waals surface area contributed by atoms with Crippen LogP contribution in [-0.4, -0.2) is 7.11 Å². The van der Waals surface area contributed by atoms with Gasteiger partial charge in [0.05, 0.1) is 10.7 Å². The molecule has 4 aromatic rings.